The first-order chi connectivity index (χ1) is 7.49. The molecule has 1 N–H and O–H groups in total. The van der Waals surface area contributed by atoms with Crippen molar-refractivity contribution in [1.82, 2.24) is 0 Å². The van der Waals surface area contributed by atoms with E-state index in [-0.39, 0.29) is 28.7 Å². The van der Waals surface area contributed by atoms with Crippen LogP contribution in [0, 0.1) is 0 Å². The van der Waals surface area contributed by atoms with Crippen molar-refractivity contribution >= 4 is 29.0 Å². The van der Waals surface area contributed by atoms with E-state index in [0.717, 1.165) is 0 Å². The molecule has 88 valence electrons. The standard InChI is InChI=1S/C12H14Cl2O2/c1-8(13)6-10(14)7-12(16)9-2-4-11(15)5-3-9/h2-5,8,10,15H,6-7H2,1H3. The smallest absolute Gasteiger partial charge is 0.164 e. The van der Waals surface area contributed by atoms with Crippen LogP contribution < -0.4 is 0 Å². The zero-order valence-electron chi connectivity index (χ0n) is 8.99. The van der Waals surface area contributed by atoms with Gasteiger partial charge in [-0.1, -0.05) is 0 Å². The minimum Gasteiger partial charge on any atom is -0.508 e. The van der Waals surface area contributed by atoms with E-state index >= 15 is 0 Å². The maximum absolute atomic E-state index is 11.7. The number of halogens is 2. The van der Waals surface area contributed by atoms with Gasteiger partial charge in [-0.05, 0) is 37.6 Å². The molecular formula is C12H14Cl2O2. The topological polar surface area (TPSA) is 37.3 Å². The highest BCUT2D eigenvalue weighted by Gasteiger charge is 2.14. The molecule has 0 aliphatic carbocycles. The number of alkyl halides is 2. The summed E-state index contributed by atoms with van der Waals surface area (Å²) in [5, 5.41) is 8.81. The Morgan fingerprint density at radius 3 is 2.38 bits per heavy atom. The second-order valence-corrected chi connectivity index (χ2v) is 5.15. The fourth-order valence-electron chi connectivity index (χ4n) is 1.40. The second-order valence-electron chi connectivity index (χ2n) is 3.79. The molecule has 4 heteroatoms. The van der Waals surface area contributed by atoms with Gasteiger partial charge in [-0.15, -0.1) is 23.2 Å². The highest BCUT2D eigenvalue weighted by molar-refractivity contribution is 6.24. The van der Waals surface area contributed by atoms with E-state index in [9.17, 15) is 4.79 Å². The predicted octanol–water partition coefficient (Wildman–Crippen LogP) is 3.59. The van der Waals surface area contributed by atoms with Crippen molar-refractivity contribution in [3.05, 3.63) is 29.8 Å². The Morgan fingerprint density at radius 1 is 1.31 bits per heavy atom. The van der Waals surface area contributed by atoms with Gasteiger partial charge in [-0.3, -0.25) is 4.79 Å². The lowest BCUT2D eigenvalue weighted by Crippen LogP contribution is -2.11. The maximum Gasteiger partial charge on any atom is 0.164 e. The number of ketones is 1. The Hall–Kier alpha value is -0.730. The minimum absolute atomic E-state index is 0.0303. The average Bonchev–Trinajstić information content (AvgIpc) is 2.16. The van der Waals surface area contributed by atoms with E-state index in [2.05, 4.69) is 0 Å². The lowest BCUT2D eigenvalue weighted by molar-refractivity contribution is 0.0981. The Kier molecular flexibility index (Phi) is 5.10. The first-order valence-corrected chi connectivity index (χ1v) is 5.96. The number of aromatic hydroxyl groups is 1. The van der Waals surface area contributed by atoms with E-state index in [1.54, 1.807) is 12.1 Å². The van der Waals surface area contributed by atoms with Crippen LogP contribution in [0.1, 0.15) is 30.1 Å². The highest BCUT2D eigenvalue weighted by atomic mass is 35.5. The van der Waals surface area contributed by atoms with E-state index in [4.69, 9.17) is 28.3 Å². The van der Waals surface area contributed by atoms with Gasteiger partial charge in [-0.25, -0.2) is 0 Å². The molecule has 0 heterocycles. The van der Waals surface area contributed by atoms with Gasteiger partial charge in [0.25, 0.3) is 0 Å². The predicted molar refractivity (Wildman–Crippen MR) is 66.6 cm³/mol. The van der Waals surface area contributed by atoms with Crippen LogP contribution in [0.5, 0.6) is 5.75 Å². The summed E-state index contributed by atoms with van der Waals surface area (Å²) >= 11 is 11.8. The van der Waals surface area contributed by atoms with Gasteiger partial charge >= 0.3 is 0 Å². The molecule has 0 saturated carbocycles. The van der Waals surface area contributed by atoms with Crippen molar-refractivity contribution in [3.8, 4) is 5.75 Å². The number of phenolic OH excluding ortho intramolecular Hbond substituents is 1. The number of carbonyl (C=O) groups excluding carboxylic acids is 1. The molecule has 0 aliphatic rings. The third-order valence-corrected chi connectivity index (χ3v) is 2.69. The Bertz CT molecular complexity index is 347. The van der Waals surface area contributed by atoms with Gasteiger partial charge < -0.3 is 5.11 Å². The zero-order chi connectivity index (χ0) is 12.1. The largest absolute Gasteiger partial charge is 0.508 e. The van der Waals surface area contributed by atoms with Gasteiger partial charge in [0.2, 0.25) is 0 Å². The molecule has 0 spiro atoms. The van der Waals surface area contributed by atoms with E-state index in [1.807, 2.05) is 6.92 Å². The van der Waals surface area contributed by atoms with Crippen LogP contribution in [0.25, 0.3) is 0 Å². The van der Waals surface area contributed by atoms with E-state index < -0.39 is 0 Å². The first-order valence-electron chi connectivity index (χ1n) is 5.09. The summed E-state index contributed by atoms with van der Waals surface area (Å²) in [6.07, 6.45) is 0.871. The molecular weight excluding hydrogens is 247 g/mol. The maximum atomic E-state index is 11.7. The molecule has 0 saturated heterocycles. The summed E-state index contributed by atoms with van der Waals surface area (Å²) in [5.74, 6) is 0.116. The van der Waals surface area contributed by atoms with E-state index in [0.29, 0.717) is 12.0 Å². The van der Waals surface area contributed by atoms with Crippen LogP contribution in [-0.4, -0.2) is 21.6 Å². The monoisotopic (exact) mass is 260 g/mol. The molecule has 1 rings (SSSR count). The molecule has 0 radical (unpaired) electrons. The first kappa shape index (κ1) is 13.3. The zero-order valence-corrected chi connectivity index (χ0v) is 10.5. The van der Waals surface area contributed by atoms with Crippen molar-refractivity contribution in [1.29, 1.82) is 0 Å². The SMILES string of the molecule is CC(Cl)CC(Cl)CC(=O)c1ccc(O)cc1. The quantitative estimate of drug-likeness (QED) is 0.649. The number of rotatable bonds is 5. The lowest BCUT2D eigenvalue weighted by atomic mass is 10.0. The average molecular weight is 261 g/mol. The van der Waals surface area contributed by atoms with Gasteiger partial charge in [0.1, 0.15) is 5.75 Å². The summed E-state index contributed by atoms with van der Waals surface area (Å²) in [5.41, 5.74) is 0.561. The van der Waals surface area contributed by atoms with Crippen LogP contribution in [0.2, 0.25) is 0 Å². The Balaban J connectivity index is 2.55. The number of hydrogen-bond acceptors (Lipinski definition) is 2. The van der Waals surface area contributed by atoms with Crippen molar-refractivity contribution in [2.24, 2.45) is 0 Å². The summed E-state index contributed by atoms with van der Waals surface area (Å²) in [4.78, 5) is 11.7. The molecule has 2 atom stereocenters. The second kappa shape index (κ2) is 6.12. The lowest BCUT2D eigenvalue weighted by Gasteiger charge is -2.09. The fourth-order valence-corrected chi connectivity index (χ4v) is 2.12. The number of Topliss-reactive ketones (excluding diaryl/α,β-unsaturated/α-hetero) is 1. The Morgan fingerprint density at radius 2 is 1.88 bits per heavy atom. The fraction of sp³-hybridized carbons (Fsp3) is 0.417. The molecule has 2 nitrogen and oxygen atoms in total. The molecule has 0 bridgehead atoms. The molecule has 1 aromatic carbocycles. The molecule has 0 fully saturated rings. The number of phenols is 1. The number of hydrogen-bond donors (Lipinski definition) is 1. The molecule has 16 heavy (non-hydrogen) atoms. The van der Waals surface area contributed by atoms with Gasteiger partial charge in [0.05, 0.1) is 0 Å². The van der Waals surface area contributed by atoms with Crippen LogP contribution in [0.15, 0.2) is 24.3 Å². The van der Waals surface area contributed by atoms with Crippen molar-refractivity contribution in [2.45, 2.75) is 30.5 Å². The Labute approximate surface area is 105 Å². The molecule has 0 aliphatic heterocycles. The summed E-state index contributed by atoms with van der Waals surface area (Å²) in [7, 11) is 0. The number of benzene rings is 1. The van der Waals surface area contributed by atoms with Gasteiger partial charge in [0, 0.05) is 22.7 Å². The molecule has 2 unspecified atom stereocenters. The van der Waals surface area contributed by atoms with Gasteiger partial charge in [0.15, 0.2) is 5.78 Å². The summed E-state index contributed by atoms with van der Waals surface area (Å²) in [6, 6.07) is 6.15. The van der Waals surface area contributed by atoms with Crippen molar-refractivity contribution in [3.63, 3.8) is 0 Å². The van der Waals surface area contributed by atoms with Crippen LogP contribution in [0.3, 0.4) is 0 Å². The van der Waals surface area contributed by atoms with E-state index in [1.165, 1.54) is 12.1 Å². The van der Waals surface area contributed by atoms with Crippen molar-refractivity contribution < 1.29 is 9.90 Å². The van der Waals surface area contributed by atoms with Crippen LogP contribution in [-0.2, 0) is 0 Å². The minimum atomic E-state index is -0.242. The summed E-state index contributed by atoms with van der Waals surface area (Å²) < 4.78 is 0. The molecule has 0 aromatic heterocycles. The third kappa shape index (κ3) is 4.42. The van der Waals surface area contributed by atoms with Crippen LogP contribution >= 0.6 is 23.2 Å². The summed E-state index contributed by atoms with van der Waals surface area (Å²) in [6.45, 7) is 1.85. The molecule has 0 amide bonds. The van der Waals surface area contributed by atoms with Crippen LogP contribution in [0.4, 0.5) is 0 Å². The van der Waals surface area contributed by atoms with Crippen molar-refractivity contribution in [2.75, 3.05) is 0 Å². The normalized spacial score (nSPS) is 14.4. The highest BCUT2D eigenvalue weighted by Crippen LogP contribution is 2.18. The van der Waals surface area contributed by atoms with Gasteiger partial charge in [-0.2, -0.15) is 0 Å². The number of carbonyl (C=O) groups is 1. The molecule has 1 aromatic rings. The third-order valence-electron chi connectivity index (χ3n) is 2.18.